The van der Waals surface area contributed by atoms with Gasteiger partial charge in [-0.05, 0) is 24.9 Å². The number of hydrogen-bond acceptors (Lipinski definition) is 3. The normalized spacial score (nSPS) is 12.7. The summed E-state index contributed by atoms with van der Waals surface area (Å²) >= 11 is 1.88. The predicted molar refractivity (Wildman–Crippen MR) is 61.7 cm³/mol. The van der Waals surface area contributed by atoms with Crippen molar-refractivity contribution in [2.75, 3.05) is 12.0 Å². The maximum absolute atomic E-state index is 10.4. The van der Waals surface area contributed by atoms with Gasteiger partial charge in [-0.15, -0.1) is 0 Å². The minimum absolute atomic E-state index is 0.609. The molecular formula is C10H21NO2S. The summed E-state index contributed by atoms with van der Waals surface area (Å²) in [6.45, 7) is 0. The summed E-state index contributed by atoms with van der Waals surface area (Å²) in [6.07, 6.45) is 8.49. The lowest BCUT2D eigenvalue weighted by Gasteiger charge is -2.05. The zero-order valence-electron chi connectivity index (χ0n) is 8.87. The molecule has 84 valence electrons. The topological polar surface area (TPSA) is 63.3 Å². The van der Waals surface area contributed by atoms with Gasteiger partial charge in [-0.1, -0.05) is 25.7 Å². The number of carboxylic acid groups (broad SMARTS) is 1. The van der Waals surface area contributed by atoms with Crippen LogP contribution in [0.5, 0.6) is 0 Å². The first-order chi connectivity index (χ1) is 6.68. The average Bonchev–Trinajstić information content (AvgIpc) is 2.16. The van der Waals surface area contributed by atoms with Crippen LogP contribution in [-0.4, -0.2) is 29.1 Å². The van der Waals surface area contributed by atoms with E-state index in [0.717, 1.165) is 12.8 Å². The molecule has 0 spiro atoms. The number of unbranched alkanes of at least 4 members (excludes halogenated alkanes) is 4. The van der Waals surface area contributed by atoms with E-state index in [2.05, 4.69) is 6.26 Å². The zero-order chi connectivity index (χ0) is 10.8. The number of rotatable bonds is 9. The molecule has 4 heteroatoms. The number of thioether (sulfide) groups is 1. The van der Waals surface area contributed by atoms with Crippen LogP contribution in [0.3, 0.4) is 0 Å². The minimum atomic E-state index is -0.882. The number of hydrogen-bond donors (Lipinski definition) is 2. The smallest absolute Gasteiger partial charge is 0.320 e. The van der Waals surface area contributed by atoms with E-state index in [9.17, 15) is 4.79 Å². The summed E-state index contributed by atoms with van der Waals surface area (Å²) in [7, 11) is 0. The van der Waals surface area contributed by atoms with Gasteiger partial charge in [-0.25, -0.2) is 0 Å². The van der Waals surface area contributed by atoms with Crippen LogP contribution in [0, 0.1) is 0 Å². The molecule has 0 saturated carbocycles. The van der Waals surface area contributed by atoms with Gasteiger partial charge in [-0.2, -0.15) is 11.8 Å². The van der Waals surface area contributed by atoms with E-state index in [1.165, 1.54) is 25.0 Å². The Morgan fingerprint density at radius 2 is 1.86 bits per heavy atom. The van der Waals surface area contributed by atoms with Crippen molar-refractivity contribution in [1.29, 1.82) is 0 Å². The molecular weight excluding hydrogens is 198 g/mol. The SMILES string of the molecule is CSCCCCCCCC(N)C(=O)O. The lowest BCUT2D eigenvalue weighted by Crippen LogP contribution is -2.29. The predicted octanol–water partition coefficient (Wildman–Crippen LogP) is 2.10. The second-order valence-electron chi connectivity index (χ2n) is 3.49. The molecule has 3 N–H and O–H groups in total. The standard InChI is InChI=1S/C10H21NO2S/c1-14-8-6-4-2-3-5-7-9(11)10(12)13/h9H,2-8,11H2,1H3,(H,12,13). The fraction of sp³-hybridized carbons (Fsp3) is 0.900. The van der Waals surface area contributed by atoms with Crippen molar-refractivity contribution in [3.05, 3.63) is 0 Å². The maximum Gasteiger partial charge on any atom is 0.320 e. The summed E-state index contributed by atoms with van der Waals surface area (Å²) in [4.78, 5) is 10.4. The molecule has 0 fully saturated rings. The maximum atomic E-state index is 10.4. The summed E-state index contributed by atoms with van der Waals surface area (Å²) in [5, 5.41) is 8.53. The first-order valence-electron chi connectivity index (χ1n) is 5.15. The van der Waals surface area contributed by atoms with Crippen molar-refractivity contribution in [3.8, 4) is 0 Å². The fourth-order valence-electron chi connectivity index (χ4n) is 1.26. The molecule has 1 unspecified atom stereocenters. The van der Waals surface area contributed by atoms with Gasteiger partial charge in [0.1, 0.15) is 6.04 Å². The number of carboxylic acids is 1. The Morgan fingerprint density at radius 1 is 1.29 bits per heavy atom. The van der Waals surface area contributed by atoms with E-state index in [-0.39, 0.29) is 0 Å². The highest BCUT2D eigenvalue weighted by molar-refractivity contribution is 7.98. The fourth-order valence-corrected chi connectivity index (χ4v) is 1.76. The molecule has 0 bridgehead atoms. The van der Waals surface area contributed by atoms with Crippen molar-refractivity contribution in [3.63, 3.8) is 0 Å². The van der Waals surface area contributed by atoms with Crippen molar-refractivity contribution in [2.45, 2.75) is 44.6 Å². The highest BCUT2D eigenvalue weighted by Gasteiger charge is 2.09. The minimum Gasteiger partial charge on any atom is -0.480 e. The average molecular weight is 219 g/mol. The Balaban J connectivity index is 3.09. The lowest BCUT2D eigenvalue weighted by atomic mass is 10.1. The number of carbonyl (C=O) groups is 1. The lowest BCUT2D eigenvalue weighted by molar-refractivity contribution is -0.138. The molecule has 0 aliphatic carbocycles. The van der Waals surface area contributed by atoms with Crippen LogP contribution in [-0.2, 0) is 4.79 Å². The van der Waals surface area contributed by atoms with Crippen LogP contribution in [0.4, 0.5) is 0 Å². The second-order valence-corrected chi connectivity index (χ2v) is 4.48. The van der Waals surface area contributed by atoms with Gasteiger partial charge in [0.25, 0.3) is 0 Å². The first kappa shape index (κ1) is 13.8. The van der Waals surface area contributed by atoms with E-state index in [0.29, 0.717) is 6.42 Å². The molecule has 1 atom stereocenters. The molecule has 0 aromatic carbocycles. The second kappa shape index (κ2) is 9.34. The molecule has 0 rings (SSSR count). The Morgan fingerprint density at radius 3 is 2.43 bits per heavy atom. The van der Waals surface area contributed by atoms with E-state index in [4.69, 9.17) is 10.8 Å². The van der Waals surface area contributed by atoms with Gasteiger partial charge in [0.15, 0.2) is 0 Å². The number of nitrogens with two attached hydrogens (primary N) is 1. The van der Waals surface area contributed by atoms with Gasteiger partial charge in [0, 0.05) is 0 Å². The van der Waals surface area contributed by atoms with E-state index >= 15 is 0 Å². The quantitative estimate of drug-likeness (QED) is 0.583. The monoisotopic (exact) mass is 219 g/mol. The molecule has 0 aliphatic rings. The third kappa shape index (κ3) is 8.38. The van der Waals surface area contributed by atoms with Crippen molar-refractivity contribution in [1.82, 2.24) is 0 Å². The van der Waals surface area contributed by atoms with Crippen LogP contribution in [0.25, 0.3) is 0 Å². The Kier molecular flexibility index (Phi) is 9.19. The zero-order valence-corrected chi connectivity index (χ0v) is 9.68. The molecule has 0 aliphatic heterocycles. The van der Waals surface area contributed by atoms with Crippen molar-refractivity contribution >= 4 is 17.7 Å². The van der Waals surface area contributed by atoms with Crippen LogP contribution < -0.4 is 5.73 Å². The number of aliphatic carboxylic acids is 1. The molecule has 0 heterocycles. The molecule has 3 nitrogen and oxygen atoms in total. The molecule has 0 aromatic heterocycles. The largest absolute Gasteiger partial charge is 0.480 e. The summed E-state index contributed by atoms with van der Waals surface area (Å²) < 4.78 is 0. The molecule has 0 saturated heterocycles. The van der Waals surface area contributed by atoms with Crippen LogP contribution in [0.1, 0.15) is 38.5 Å². The van der Waals surface area contributed by atoms with Gasteiger partial charge in [0.2, 0.25) is 0 Å². The summed E-state index contributed by atoms with van der Waals surface area (Å²) in [6, 6.07) is -0.666. The first-order valence-corrected chi connectivity index (χ1v) is 6.55. The summed E-state index contributed by atoms with van der Waals surface area (Å²) in [5.74, 6) is 0.349. The van der Waals surface area contributed by atoms with Gasteiger partial charge in [-0.3, -0.25) is 4.79 Å². The van der Waals surface area contributed by atoms with E-state index in [1.54, 1.807) is 0 Å². The molecule has 0 aromatic rings. The highest BCUT2D eigenvalue weighted by Crippen LogP contribution is 2.08. The third-order valence-corrected chi connectivity index (χ3v) is 2.88. The molecule has 0 radical (unpaired) electrons. The van der Waals surface area contributed by atoms with Gasteiger partial charge in [0.05, 0.1) is 0 Å². The van der Waals surface area contributed by atoms with Crippen molar-refractivity contribution in [2.24, 2.45) is 5.73 Å². The van der Waals surface area contributed by atoms with Crippen LogP contribution in [0.2, 0.25) is 0 Å². The van der Waals surface area contributed by atoms with Crippen LogP contribution in [0.15, 0.2) is 0 Å². The van der Waals surface area contributed by atoms with Gasteiger partial charge >= 0.3 is 5.97 Å². The Bertz CT molecular complexity index is 153. The molecule has 0 amide bonds. The van der Waals surface area contributed by atoms with Gasteiger partial charge < -0.3 is 10.8 Å². The highest BCUT2D eigenvalue weighted by atomic mass is 32.2. The van der Waals surface area contributed by atoms with Crippen molar-refractivity contribution < 1.29 is 9.90 Å². The third-order valence-electron chi connectivity index (χ3n) is 2.18. The Labute approximate surface area is 90.4 Å². The molecule has 14 heavy (non-hydrogen) atoms. The van der Waals surface area contributed by atoms with Crippen LogP contribution >= 0.6 is 11.8 Å². The van der Waals surface area contributed by atoms with E-state index in [1.807, 2.05) is 11.8 Å². The summed E-state index contributed by atoms with van der Waals surface area (Å²) in [5.41, 5.74) is 5.38. The Hall–Kier alpha value is -0.220. The van der Waals surface area contributed by atoms with E-state index < -0.39 is 12.0 Å².